The predicted molar refractivity (Wildman–Crippen MR) is 81.6 cm³/mol. The summed E-state index contributed by atoms with van der Waals surface area (Å²) >= 11 is 3.73. The third-order valence-corrected chi connectivity index (χ3v) is 5.11. The molecule has 0 aromatic carbocycles. The Morgan fingerprint density at radius 2 is 1.83 bits per heavy atom. The SMILES string of the molecule is CCN(CCCN(C)C)CC1(CBr)CCOCC1. The molecule has 1 aliphatic rings. The van der Waals surface area contributed by atoms with Gasteiger partial charge in [0.25, 0.3) is 0 Å². The zero-order valence-corrected chi connectivity index (χ0v) is 13.8. The van der Waals surface area contributed by atoms with E-state index in [0.29, 0.717) is 5.41 Å². The molecule has 0 N–H and O–H groups in total. The Kier molecular flexibility index (Phi) is 7.76. The number of halogens is 1. The first-order valence-electron chi connectivity index (χ1n) is 7.13. The highest BCUT2D eigenvalue weighted by atomic mass is 79.9. The largest absolute Gasteiger partial charge is 0.381 e. The van der Waals surface area contributed by atoms with Gasteiger partial charge in [-0.15, -0.1) is 0 Å². The van der Waals surface area contributed by atoms with Crippen molar-refractivity contribution in [2.75, 3.05) is 58.8 Å². The molecule has 0 saturated carbocycles. The Morgan fingerprint density at radius 1 is 1.17 bits per heavy atom. The van der Waals surface area contributed by atoms with Crippen molar-refractivity contribution < 1.29 is 4.74 Å². The maximum absolute atomic E-state index is 5.51. The van der Waals surface area contributed by atoms with Crippen molar-refractivity contribution in [3.8, 4) is 0 Å². The van der Waals surface area contributed by atoms with E-state index in [-0.39, 0.29) is 0 Å². The van der Waals surface area contributed by atoms with Gasteiger partial charge in [-0.25, -0.2) is 0 Å². The van der Waals surface area contributed by atoms with Crippen LogP contribution in [0.15, 0.2) is 0 Å². The second-order valence-electron chi connectivity index (χ2n) is 5.77. The van der Waals surface area contributed by atoms with E-state index >= 15 is 0 Å². The number of nitrogens with zero attached hydrogens (tertiary/aromatic N) is 2. The summed E-state index contributed by atoms with van der Waals surface area (Å²) in [5.74, 6) is 0. The summed E-state index contributed by atoms with van der Waals surface area (Å²) in [7, 11) is 4.30. The van der Waals surface area contributed by atoms with Crippen molar-refractivity contribution in [2.24, 2.45) is 5.41 Å². The number of hydrogen-bond donors (Lipinski definition) is 0. The molecule has 1 aliphatic heterocycles. The minimum atomic E-state index is 0.437. The molecule has 1 heterocycles. The molecule has 0 aliphatic carbocycles. The number of hydrogen-bond acceptors (Lipinski definition) is 3. The summed E-state index contributed by atoms with van der Waals surface area (Å²) in [5.41, 5.74) is 0.437. The van der Waals surface area contributed by atoms with E-state index in [0.717, 1.165) is 25.1 Å². The molecular formula is C14H29BrN2O. The van der Waals surface area contributed by atoms with Crippen LogP contribution in [-0.4, -0.2) is 68.6 Å². The smallest absolute Gasteiger partial charge is 0.0472 e. The summed E-state index contributed by atoms with van der Waals surface area (Å²) in [6.07, 6.45) is 3.65. The van der Waals surface area contributed by atoms with Crippen molar-refractivity contribution in [3.63, 3.8) is 0 Å². The van der Waals surface area contributed by atoms with Crippen molar-refractivity contribution in [2.45, 2.75) is 26.2 Å². The van der Waals surface area contributed by atoms with E-state index in [1.54, 1.807) is 0 Å². The zero-order valence-electron chi connectivity index (χ0n) is 12.3. The second-order valence-corrected chi connectivity index (χ2v) is 6.33. The van der Waals surface area contributed by atoms with E-state index in [2.05, 4.69) is 46.7 Å². The van der Waals surface area contributed by atoms with Gasteiger partial charge < -0.3 is 14.5 Å². The molecule has 0 aromatic rings. The molecule has 1 saturated heterocycles. The summed E-state index contributed by atoms with van der Waals surface area (Å²) in [5, 5.41) is 1.10. The van der Waals surface area contributed by atoms with Gasteiger partial charge in [0.1, 0.15) is 0 Å². The summed E-state index contributed by atoms with van der Waals surface area (Å²) < 4.78 is 5.51. The third-order valence-electron chi connectivity index (χ3n) is 3.92. The van der Waals surface area contributed by atoms with Gasteiger partial charge in [0.2, 0.25) is 0 Å². The topological polar surface area (TPSA) is 15.7 Å². The molecule has 18 heavy (non-hydrogen) atoms. The Labute approximate surface area is 121 Å². The van der Waals surface area contributed by atoms with Crippen molar-refractivity contribution in [1.82, 2.24) is 9.80 Å². The van der Waals surface area contributed by atoms with Gasteiger partial charge in [-0.05, 0) is 58.4 Å². The minimum absolute atomic E-state index is 0.437. The van der Waals surface area contributed by atoms with Crippen LogP contribution in [0.25, 0.3) is 0 Å². The van der Waals surface area contributed by atoms with Gasteiger partial charge in [-0.2, -0.15) is 0 Å². The molecule has 0 radical (unpaired) electrons. The maximum Gasteiger partial charge on any atom is 0.0472 e. The molecule has 3 nitrogen and oxygen atoms in total. The summed E-state index contributed by atoms with van der Waals surface area (Å²) in [6.45, 7) is 8.90. The molecule has 0 aromatic heterocycles. The molecule has 0 bridgehead atoms. The van der Waals surface area contributed by atoms with E-state index in [1.807, 2.05) is 0 Å². The molecule has 0 amide bonds. The van der Waals surface area contributed by atoms with E-state index in [1.165, 1.54) is 38.9 Å². The normalized spacial score (nSPS) is 19.7. The van der Waals surface area contributed by atoms with E-state index < -0.39 is 0 Å². The van der Waals surface area contributed by atoms with Crippen LogP contribution in [0.4, 0.5) is 0 Å². The highest BCUT2D eigenvalue weighted by Crippen LogP contribution is 2.33. The lowest BCUT2D eigenvalue weighted by Gasteiger charge is -2.39. The summed E-state index contributed by atoms with van der Waals surface area (Å²) in [4.78, 5) is 4.87. The molecule has 0 atom stereocenters. The third kappa shape index (κ3) is 5.55. The molecule has 108 valence electrons. The van der Waals surface area contributed by atoms with Gasteiger partial charge in [0.15, 0.2) is 0 Å². The quantitative estimate of drug-likeness (QED) is 0.639. The number of ether oxygens (including phenoxy) is 1. The zero-order chi connectivity index (χ0) is 13.4. The second kappa shape index (κ2) is 8.51. The van der Waals surface area contributed by atoms with Gasteiger partial charge in [0, 0.05) is 25.1 Å². The standard InChI is InChI=1S/C14H29BrN2O/c1-4-17(9-5-8-16(2)3)13-14(12-15)6-10-18-11-7-14/h4-13H2,1-3H3. The average molecular weight is 321 g/mol. The van der Waals surface area contributed by atoms with Gasteiger partial charge in [-0.1, -0.05) is 22.9 Å². The molecule has 1 rings (SSSR count). The molecule has 0 unspecified atom stereocenters. The van der Waals surface area contributed by atoms with Crippen LogP contribution in [0.1, 0.15) is 26.2 Å². The van der Waals surface area contributed by atoms with Crippen LogP contribution in [0.3, 0.4) is 0 Å². The Hall–Kier alpha value is 0.360. The molecule has 1 fully saturated rings. The number of rotatable bonds is 8. The monoisotopic (exact) mass is 320 g/mol. The first-order valence-corrected chi connectivity index (χ1v) is 8.25. The van der Waals surface area contributed by atoms with E-state index in [9.17, 15) is 0 Å². The maximum atomic E-state index is 5.51. The van der Waals surface area contributed by atoms with Crippen LogP contribution < -0.4 is 0 Å². The molecule has 0 spiro atoms. The van der Waals surface area contributed by atoms with Gasteiger partial charge in [-0.3, -0.25) is 0 Å². The Bertz CT molecular complexity index is 218. The molecular weight excluding hydrogens is 292 g/mol. The van der Waals surface area contributed by atoms with Gasteiger partial charge >= 0.3 is 0 Å². The predicted octanol–water partition coefficient (Wildman–Crippen LogP) is 2.45. The summed E-state index contributed by atoms with van der Waals surface area (Å²) in [6, 6.07) is 0. The first kappa shape index (κ1) is 16.4. The first-order chi connectivity index (χ1) is 8.62. The average Bonchev–Trinajstić information content (AvgIpc) is 2.38. The van der Waals surface area contributed by atoms with Crippen LogP contribution in [0.5, 0.6) is 0 Å². The van der Waals surface area contributed by atoms with E-state index in [4.69, 9.17) is 4.74 Å². The fourth-order valence-corrected chi connectivity index (χ4v) is 3.31. The highest BCUT2D eigenvalue weighted by Gasteiger charge is 2.32. The lowest BCUT2D eigenvalue weighted by atomic mass is 9.82. The Morgan fingerprint density at radius 3 is 2.33 bits per heavy atom. The van der Waals surface area contributed by atoms with Crippen LogP contribution >= 0.6 is 15.9 Å². The van der Waals surface area contributed by atoms with Crippen molar-refractivity contribution in [1.29, 1.82) is 0 Å². The van der Waals surface area contributed by atoms with Crippen LogP contribution in [-0.2, 0) is 4.74 Å². The van der Waals surface area contributed by atoms with Crippen molar-refractivity contribution in [3.05, 3.63) is 0 Å². The Balaban J connectivity index is 2.39. The minimum Gasteiger partial charge on any atom is -0.381 e. The van der Waals surface area contributed by atoms with Gasteiger partial charge in [0.05, 0.1) is 0 Å². The van der Waals surface area contributed by atoms with Crippen LogP contribution in [0.2, 0.25) is 0 Å². The van der Waals surface area contributed by atoms with Crippen LogP contribution in [0, 0.1) is 5.41 Å². The highest BCUT2D eigenvalue weighted by molar-refractivity contribution is 9.09. The molecule has 4 heteroatoms. The van der Waals surface area contributed by atoms with Crippen molar-refractivity contribution >= 4 is 15.9 Å². The number of alkyl halides is 1. The fraction of sp³-hybridized carbons (Fsp3) is 1.00. The fourth-order valence-electron chi connectivity index (χ4n) is 2.57. The lowest BCUT2D eigenvalue weighted by Crippen LogP contribution is -2.43. The lowest BCUT2D eigenvalue weighted by molar-refractivity contribution is 0.00855.